The lowest BCUT2D eigenvalue weighted by Crippen LogP contribution is -2.06. The van der Waals surface area contributed by atoms with Gasteiger partial charge in [-0.05, 0) is 13.0 Å². The molecule has 1 aromatic heterocycles. The summed E-state index contributed by atoms with van der Waals surface area (Å²) in [5, 5.41) is 2.97. The molecule has 74 valence electrons. The van der Waals surface area contributed by atoms with Crippen LogP contribution in [0.2, 0.25) is 0 Å². The molecule has 0 aliphatic rings. The van der Waals surface area contributed by atoms with Crippen molar-refractivity contribution >= 4 is 17.3 Å². The highest BCUT2D eigenvalue weighted by molar-refractivity contribution is 5.73. The summed E-state index contributed by atoms with van der Waals surface area (Å²) >= 11 is 0. The van der Waals surface area contributed by atoms with Crippen LogP contribution < -0.4 is 16.8 Å². The lowest BCUT2D eigenvalue weighted by Gasteiger charge is -2.08. The second-order valence-electron chi connectivity index (χ2n) is 2.59. The van der Waals surface area contributed by atoms with Crippen LogP contribution in [-0.2, 0) is 0 Å². The molecule has 0 unspecified atom stereocenters. The Kier molecular flexibility index (Phi) is 3.06. The van der Waals surface area contributed by atoms with Gasteiger partial charge in [-0.25, -0.2) is 9.97 Å². The number of rotatable bonds is 3. The Labute approximate surface area is 82.5 Å². The van der Waals surface area contributed by atoms with Gasteiger partial charge < -0.3 is 16.8 Å². The molecule has 0 spiro atoms. The number of allylic oxidation sites excluding steroid dienone is 2. The van der Waals surface area contributed by atoms with Crippen LogP contribution in [0.3, 0.4) is 0 Å². The number of hydrogen-bond acceptors (Lipinski definition) is 5. The Hall–Kier alpha value is -2.04. The maximum absolute atomic E-state index is 5.67. The summed E-state index contributed by atoms with van der Waals surface area (Å²) in [6, 6.07) is 0. The van der Waals surface area contributed by atoms with Crippen LogP contribution in [0.4, 0.5) is 17.3 Å². The fourth-order valence-electron chi connectivity index (χ4n) is 0.887. The molecule has 0 saturated carbocycles. The maximum atomic E-state index is 5.67. The number of nitrogens with two attached hydrogens (primary N) is 2. The largest absolute Gasteiger partial charge is 0.393 e. The van der Waals surface area contributed by atoms with Gasteiger partial charge in [0.05, 0.1) is 0 Å². The van der Waals surface area contributed by atoms with E-state index in [4.69, 9.17) is 11.5 Å². The lowest BCUT2D eigenvalue weighted by molar-refractivity contribution is 1.17. The fourth-order valence-corrected chi connectivity index (χ4v) is 0.887. The predicted octanol–water partition coefficient (Wildman–Crippen LogP) is 1.14. The van der Waals surface area contributed by atoms with E-state index in [-0.39, 0.29) is 5.82 Å². The van der Waals surface area contributed by atoms with Crippen LogP contribution in [0.1, 0.15) is 6.92 Å². The monoisotopic (exact) mass is 191 g/mol. The van der Waals surface area contributed by atoms with Crippen LogP contribution in [0, 0.1) is 0 Å². The summed E-state index contributed by atoms with van der Waals surface area (Å²) in [4.78, 5) is 7.71. The minimum absolute atomic E-state index is 0.266. The SMILES string of the molecule is C=CC(=CC)Nc1ncnc(N)c1N. The molecule has 5 nitrogen and oxygen atoms in total. The summed E-state index contributed by atoms with van der Waals surface area (Å²) < 4.78 is 0. The molecule has 0 bridgehead atoms. The van der Waals surface area contributed by atoms with E-state index in [9.17, 15) is 0 Å². The number of nitrogens with one attached hydrogen (secondary N) is 1. The molecule has 0 radical (unpaired) electrons. The van der Waals surface area contributed by atoms with Gasteiger partial charge in [0.25, 0.3) is 0 Å². The van der Waals surface area contributed by atoms with Crippen LogP contribution in [-0.4, -0.2) is 9.97 Å². The van der Waals surface area contributed by atoms with Crippen molar-refractivity contribution in [1.29, 1.82) is 0 Å². The van der Waals surface area contributed by atoms with Crippen LogP contribution in [0.15, 0.2) is 30.8 Å². The topological polar surface area (TPSA) is 89.8 Å². The Morgan fingerprint density at radius 2 is 2.21 bits per heavy atom. The highest BCUT2D eigenvalue weighted by Gasteiger charge is 2.04. The van der Waals surface area contributed by atoms with Crippen molar-refractivity contribution in [2.75, 3.05) is 16.8 Å². The van der Waals surface area contributed by atoms with Crippen LogP contribution >= 0.6 is 0 Å². The minimum Gasteiger partial charge on any atom is -0.393 e. The molecule has 0 amide bonds. The predicted molar refractivity (Wildman–Crippen MR) is 58.4 cm³/mol. The van der Waals surface area contributed by atoms with Crippen LogP contribution in [0.25, 0.3) is 0 Å². The zero-order valence-corrected chi connectivity index (χ0v) is 7.99. The summed E-state index contributed by atoms with van der Waals surface area (Å²) in [5.74, 6) is 0.757. The number of nitrogens with zero attached hydrogens (tertiary/aromatic N) is 2. The normalized spacial score (nSPS) is 11.1. The molecule has 0 aliphatic heterocycles. The molecular formula is C9H13N5. The first-order valence-electron chi connectivity index (χ1n) is 4.10. The first-order chi connectivity index (χ1) is 6.69. The van der Waals surface area contributed by atoms with E-state index in [1.54, 1.807) is 6.08 Å². The zero-order valence-electron chi connectivity index (χ0n) is 7.99. The van der Waals surface area contributed by atoms with Gasteiger partial charge in [0, 0.05) is 5.70 Å². The first kappa shape index (κ1) is 10.0. The minimum atomic E-state index is 0.266. The van der Waals surface area contributed by atoms with Gasteiger partial charge in [0.2, 0.25) is 0 Å². The maximum Gasteiger partial charge on any atom is 0.159 e. The highest BCUT2D eigenvalue weighted by Crippen LogP contribution is 2.20. The first-order valence-corrected chi connectivity index (χ1v) is 4.10. The molecule has 5 N–H and O–H groups in total. The van der Waals surface area contributed by atoms with E-state index in [0.717, 1.165) is 5.70 Å². The third-order valence-electron chi connectivity index (χ3n) is 1.71. The van der Waals surface area contributed by atoms with Gasteiger partial charge in [-0.3, -0.25) is 0 Å². The summed E-state index contributed by atoms with van der Waals surface area (Å²) in [6.07, 6.45) is 4.87. The molecule has 0 aromatic carbocycles. The standard InChI is InChI=1S/C9H13N5/c1-3-6(4-2)14-9-7(10)8(11)12-5-13-9/h3-5H,1,10H2,2H3,(H3,11,12,13,14). The van der Waals surface area contributed by atoms with Gasteiger partial charge in [-0.15, -0.1) is 0 Å². The van der Waals surface area contributed by atoms with E-state index >= 15 is 0 Å². The van der Waals surface area contributed by atoms with E-state index < -0.39 is 0 Å². The molecule has 0 atom stereocenters. The van der Waals surface area contributed by atoms with Crippen molar-refractivity contribution < 1.29 is 0 Å². The molecule has 1 aromatic rings. The van der Waals surface area contributed by atoms with Crippen molar-refractivity contribution in [1.82, 2.24) is 9.97 Å². The summed E-state index contributed by atoms with van der Waals surface area (Å²) in [6.45, 7) is 5.51. The van der Waals surface area contributed by atoms with Gasteiger partial charge >= 0.3 is 0 Å². The average molecular weight is 191 g/mol. The van der Waals surface area contributed by atoms with E-state index in [0.29, 0.717) is 11.5 Å². The molecular weight excluding hydrogens is 178 g/mol. The summed E-state index contributed by atoms with van der Waals surface area (Å²) in [7, 11) is 0. The van der Waals surface area contributed by atoms with Crippen molar-refractivity contribution in [3.63, 3.8) is 0 Å². The van der Waals surface area contributed by atoms with Crippen molar-refractivity contribution in [2.45, 2.75) is 6.92 Å². The Morgan fingerprint density at radius 3 is 2.79 bits per heavy atom. The van der Waals surface area contributed by atoms with Crippen molar-refractivity contribution in [3.05, 3.63) is 30.8 Å². The van der Waals surface area contributed by atoms with Crippen molar-refractivity contribution in [2.24, 2.45) is 0 Å². The quantitative estimate of drug-likeness (QED) is 0.623. The number of hydrogen-bond donors (Lipinski definition) is 3. The molecule has 1 heterocycles. The Morgan fingerprint density at radius 1 is 1.50 bits per heavy atom. The van der Waals surface area contributed by atoms with Crippen molar-refractivity contribution in [3.8, 4) is 0 Å². The Balaban J connectivity index is 2.97. The third kappa shape index (κ3) is 2.01. The highest BCUT2D eigenvalue weighted by atomic mass is 15.1. The zero-order chi connectivity index (χ0) is 10.6. The lowest BCUT2D eigenvalue weighted by atomic mass is 10.3. The molecule has 0 fully saturated rings. The Bertz CT molecular complexity index is 369. The second-order valence-corrected chi connectivity index (χ2v) is 2.59. The average Bonchev–Trinajstić information content (AvgIpc) is 2.20. The third-order valence-corrected chi connectivity index (χ3v) is 1.71. The number of aromatic nitrogens is 2. The molecule has 0 saturated heterocycles. The number of anilines is 3. The summed E-state index contributed by atoms with van der Waals surface area (Å²) in [5.41, 5.74) is 12.3. The molecule has 1 rings (SSSR count). The van der Waals surface area contributed by atoms with E-state index in [2.05, 4.69) is 21.9 Å². The van der Waals surface area contributed by atoms with E-state index in [1.165, 1.54) is 6.33 Å². The molecule has 14 heavy (non-hydrogen) atoms. The van der Waals surface area contributed by atoms with Gasteiger partial charge in [-0.1, -0.05) is 12.7 Å². The van der Waals surface area contributed by atoms with E-state index in [1.807, 2.05) is 13.0 Å². The molecule has 5 heteroatoms. The molecule has 0 aliphatic carbocycles. The van der Waals surface area contributed by atoms with Crippen LogP contribution in [0.5, 0.6) is 0 Å². The van der Waals surface area contributed by atoms with Gasteiger partial charge in [-0.2, -0.15) is 0 Å². The smallest absolute Gasteiger partial charge is 0.159 e. The second kappa shape index (κ2) is 4.27. The van der Waals surface area contributed by atoms with Gasteiger partial charge in [0.15, 0.2) is 11.6 Å². The number of nitrogen functional groups attached to an aromatic ring is 2. The van der Waals surface area contributed by atoms with Gasteiger partial charge in [0.1, 0.15) is 12.0 Å². The fraction of sp³-hybridized carbons (Fsp3) is 0.111.